The Morgan fingerprint density at radius 1 is 1.04 bits per heavy atom. The van der Waals surface area contributed by atoms with Crippen LogP contribution < -0.4 is 10.6 Å². The number of benzene rings is 1. The van der Waals surface area contributed by atoms with E-state index in [1.807, 2.05) is 6.07 Å². The van der Waals surface area contributed by atoms with E-state index < -0.39 is 17.6 Å². The van der Waals surface area contributed by atoms with Crippen molar-refractivity contribution >= 4 is 17.5 Å². The van der Waals surface area contributed by atoms with E-state index in [0.29, 0.717) is 29.4 Å². The van der Waals surface area contributed by atoms with E-state index >= 15 is 0 Å². The lowest BCUT2D eigenvalue weighted by atomic mass is 10.1. The Kier molecular flexibility index (Phi) is 4.62. The normalized spacial score (nSPS) is 14.1. The predicted octanol–water partition coefficient (Wildman–Crippen LogP) is 4.59. The number of H-pyrrole nitrogens is 1. The van der Waals surface area contributed by atoms with E-state index in [2.05, 4.69) is 30.8 Å². The Balaban J connectivity index is 1.40. The Morgan fingerprint density at radius 2 is 1.82 bits per heavy atom. The molecule has 146 valence electrons. The number of aromatic nitrogens is 4. The standard InChI is InChI=1S/C18H16F4N6/c19-13-5-12(18(20,21)22)4-3-11(13)8-23-15-7-16(25-9-24-15)26-17-6-14(27-28-17)10-1-2-10/h3-7,9-10H,1-2,8H2,(H3,23,24,25,26,27,28). The topological polar surface area (TPSA) is 78.5 Å². The van der Waals surface area contributed by atoms with Gasteiger partial charge in [-0.25, -0.2) is 14.4 Å². The molecular formula is C18H16F4N6. The zero-order chi connectivity index (χ0) is 19.7. The first-order valence-electron chi connectivity index (χ1n) is 8.62. The van der Waals surface area contributed by atoms with Crippen LogP contribution in [0.2, 0.25) is 0 Å². The summed E-state index contributed by atoms with van der Waals surface area (Å²) < 4.78 is 51.8. The van der Waals surface area contributed by atoms with Gasteiger partial charge in [0.1, 0.15) is 23.8 Å². The van der Waals surface area contributed by atoms with Gasteiger partial charge in [-0.2, -0.15) is 18.3 Å². The second-order valence-electron chi connectivity index (χ2n) is 6.55. The Morgan fingerprint density at radius 3 is 2.54 bits per heavy atom. The van der Waals surface area contributed by atoms with Crippen LogP contribution >= 0.6 is 0 Å². The van der Waals surface area contributed by atoms with Gasteiger partial charge < -0.3 is 10.6 Å². The number of aromatic amines is 1. The summed E-state index contributed by atoms with van der Waals surface area (Å²) in [7, 11) is 0. The van der Waals surface area contributed by atoms with Crippen LogP contribution in [0.15, 0.2) is 36.7 Å². The summed E-state index contributed by atoms with van der Waals surface area (Å²) in [5.74, 6) is 1.12. The Hall–Kier alpha value is -3.17. The van der Waals surface area contributed by atoms with Crippen LogP contribution in [-0.2, 0) is 12.7 Å². The van der Waals surface area contributed by atoms with Crippen LogP contribution in [0.5, 0.6) is 0 Å². The summed E-state index contributed by atoms with van der Waals surface area (Å²) in [5, 5.41) is 13.1. The smallest absolute Gasteiger partial charge is 0.366 e. The van der Waals surface area contributed by atoms with Crippen molar-refractivity contribution < 1.29 is 17.6 Å². The summed E-state index contributed by atoms with van der Waals surface area (Å²) in [6.07, 6.45) is -0.943. The molecule has 0 unspecified atom stereocenters. The second-order valence-corrected chi connectivity index (χ2v) is 6.55. The molecule has 1 aliphatic carbocycles. The van der Waals surface area contributed by atoms with Gasteiger partial charge in [0.05, 0.1) is 5.56 Å². The predicted molar refractivity (Wildman–Crippen MR) is 94.6 cm³/mol. The Labute approximate surface area is 157 Å². The quantitative estimate of drug-likeness (QED) is 0.535. The maximum atomic E-state index is 13.9. The van der Waals surface area contributed by atoms with E-state index in [1.54, 1.807) is 6.07 Å². The molecule has 4 rings (SSSR count). The molecule has 28 heavy (non-hydrogen) atoms. The number of anilines is 3. The van der Waals surface area contributed by atoms with Crippen LogP contribution in [-0.4, -0.2) is 20.2 Å². The minimum Gasteiger partial charge on any atom is -0.366 e. The minimum absolute atomic E-state index is 0.0192. The number of halogens is 4. The van der Waals surface area contributed by atoms with Crippen LogP contribution in [0.25, 0.3) is 0 Å². The average molecular weight is 392 g/mol. The zero-order valence-corrected chi connectivity index (χ0v) is 14.5. The molecular weight excluding hydrogens is 376 g/mol. The first kappa shape index (κ1) is 18.2. The maximum absolute atomic E-state index is 13.9. The molecule has 1 fully saturated rings. The molecule has 0 aliphatic heterocycles. The van der Waals surface area contributed by atoms with E-state index in [9.17, 15) is 17.6 Å². The van der Waals surface area contributed by atoms with Crippen LogP contribution in [0.1, 0.15) is 35.6 Å². The molecule has 6 nitrogen and oxygen atoms in total. The molecule has 0 spiro atoms. The van der Waals surface area contributed by atoms with Crippen LogP contribution in [0, 0.1) is 5.82 Å². The van der Waals surface area contributed by atoms with Gasteiger partial charge in [0, 0.05) is 35.9 Å². The fraction of sp³-hybridized carbons (Fsp3) is 0.278. The lowest BCUT2D eigenvalue weighted by Crippen LogP contribution is -2.08. The largest absolute Gasteiger partial charge is 0.416 e. The summed E-state index contributed by atoms with van der Waals surface area (Å²) in [6, 6.07) is 5.97. The monoisotopic (exact) mass is 392 g/mol. The summed E-state index contributed by atoms with van der Waals surface area (Å²) >= 11 is 0. The number of nitrogens with zero attached hydrogens (tertiary/aromatic N) is 3. The highest BCUT2D eigenvalue weighted by Gasteiger charge is 2.31. The molecule has 1 saturated carbocycles. The first-order chi connectivity index (χ1) is 13.4. The molecule has 3 N–H and O–H groups in total. The van der Waals surface area contributed by atoms with Gasteiger partial charge in [0.2, 0.25) is 0 Å². The SMILES string of the molecule is Fc1cc(C(F)(F)F)ccc1CNc1cc(Nc2cc(C3CC3)[nH]n2)ncn1. The lowest BCUT2D eigenvalue weighted by Gasteiger charge is -2.11. The molecule has 0 bridgehead atoms. The average Bonchev–Trinajstić information content (AvgIpc) is 3.40. The van der Waals surface area contributed by atoms with Gasteiger partial charge in [-0.1, -0.05) is 6.07 Å². The molecule has 2 heterocycles. The molecule has 3 aromatic rings. The molecule has 0 atom stereocenters. The summed E-state index contributed by atoms with van der Waals surface area (Å²) in [4.78, 5) is 8.13. The summed E-state index contributed by atoms with van der Waals surface area (Å²) in [6.45, 7) is -0.0192. The third-order valence-electron chi connectivity index (χ3n) is 4.38. The van der Waals surface area contributed by atoms with Crippen molar-refractivity contribution in [3.8, 4) is 0 Å². The van der Waals surface area contributed by atoms with Crippen molar-refractivity contribution in [2.75, 3.05) is 10.6 Å². The van der Waals surface area contributed by atoms with Crippen molar-refractivity contribution in [1.29, 1.82) is 0 Å². The van der Waals surface area contributed by atoms with E-state index in [4.69, 9.17) is 0 Å². The van der Waals surface area contributed by atoms with Crippen LogP contribution in [0.4, 0.5) is 35.0 Å². The molecule has 10 heteroatoms. The molecule has 0 radical (unpaired) electrons. The summed E-state index contributed by atoms with van der Waals surface area (Å²) in [5.41, 5.74) is 0.155. The van der Waals surface area contributed by atoms with E-state index in [-0.39, 0.29) is 12.1 Å². The zero-order valence-electron chi connectivity index (χ0n) is 14.5. The minimum atomic E-state index is -4.58. The molecule has 1 aliphatic rings. The number of hydrogen-bond donors (Lipinski definition) is 3. The number of nitrogens with one attached hydrogen (secondary N) is 3. The number of rotatable bonds is 6. The van der Waals surface area contributed by atoms with E-state index in [1.165, 1.54) is 6.33 Å². The van der Waals surface area contributed by atoms with Crippen molar-refractivity contribution in [3.05, 3.63) is 59.3 Å². The van der Waals surface area contributed by atoms with Gasteiger partial charge in [-0.15, -0.1) is 0 Å². The third-order valence-corrected chi connectivity index (χ3v) is 4.38. The first-order valence-corrected chi connectivity index (χ1v) is 8.62. The number of alkyl halides is 3. The van der Waals surface area contributed by atoms with Crippen molar-refractivity contribution in [1.82, 2.24) is 20.2 Å². The van der Waals surface area contributed by atoms with Gasteiger partial charge in [0.15, 0.2) is 5.82 Å². The van der Waals surface area contributed by atoms with E-state index in [0.717, 1.165) is 30.7 Å². The molecule has 0 amide bonds. The van der Waals surface area contributed by atoms with Crippen molar-refractivity contribution in [3.63, 3.8) is 0 Å². The highest BCUT2D eigenvalue weighted by molar-refractivity contribution is 5.56. The lowest BCUT2D eigenvalue weighted by molar-refractivity contribution is -0.137. The van der Waals surface area contributed by atoms with Crippen molar-refractivity contribution in [2.45, 2.75) is 31.5 Å². The Bertz CT molecular complexity index is 980. The van der Waals surface area contributed by atoms with Crippen LogP contribution in [0.3, 0.4) is 0 Å². The second kappa shape index (κ2) is 7.10. The third kappa shape index (κ3) is 4.21. The maximum Gasteiger partial charge on any atom is 0.416 e. The van der Waals surface area contributed by atoms with Gasteiger partial charge in [-0.3, -0.25) is 5.10 Å². The molecule has 1 aromatic carbocycles. The van der Waals surface area contributed by atoms with Crippen molar-refractivity contribution in [2.24, 2.45) is 0 Å². The number of hydrogen-bond acceptors (Lipinski definition) is 5. The fourth-order valence-corrected chi connectivity index (χ4v) is 2.71. The van der Waals surface area contributed by atoms with Gasteiger partial charge in [-0.05, 0) is 25.0 Å². The highest BCUT2D eigenvalue weighted by atomic mass is 19.4. The van der Waals surface area contributed by atoms with Gasteiger partial charge >= 0.3 is 6.18 Å². The molecule has 2 aromatic heterocycles. The molecule has 0 saturated heterocycles. The van der Waals surface area contributed by atoms with Gasteiger partial charge in [0.25, 0.3) is 0 Å². The highest BCUT2D eigenvalue weighted by Crippen LogP contribution is 2.39. The fourth-order valence-electron chi connectivity index (χ4n) is 2.71.